The highest BCUT2D eigenvalue weighted by molar-refractivity contribution is 8.01. The number of piperidine rings is 1. The molecule has 5 nitrogen and oxygen atoms in total. The van der Waals surface area contributed by atoms with Crippen molar-refractivity contribution in [2.45, 2.75) is 54.0 Å². The van der Waals surface area contributed by atoms with E-state index in [4.69, 9.17) is 0 Å². The summed E-state index contributed by atoms with van der Waals surface area (Å²) in [6.45, 7) is 1.42. The Morgan fingerprint density at radius 1 is 1.34 bits per heavy atom. The summed E-state index contributed by atoms with van der Waals surface area (Å²) in [7, 11) is 3.15. The monoisotopic (exact) mass is 429 g/mol. The van der Waals surface area contributed by atoms with Crippen LogP contribution < -0.4 is 10.6 Å². The number of alkyl halides is 3. The van der Waals surface area contributed by atoms with Gasteiger partial charge in [0.2, 0.25) is 0 Å². The molecule has 1 atom stereocenters. The highest BCUT2D eigenvalue weighted by Gasteiger charge is 2.41. The molecule has 9 heteroatoms. The normalized spacial score (nSPS) is 21.2. The summed E-state index contributed by atoms with van der Waals surface area (Å²) in [5.74, 6) is -0.646. The number of carbonyl (C=O) groups excluding carboxylic acids is 2. The van der Waals surface area contributed by atoms with Crippen molar-refractivity contribution in [2.75, 3.05) is 32.5 Å². The number of thioether (sulfide) groups is 1. The minimum Gasteiger partial charge on any atom is -0.387 e. The fraction of sp³-hybridized carbons (Fsp3) is 0.600. The number of likely N-dealkylation sites (N-methyl/N-ethyl adjacent to an activating group) is 1. The molecule has 1 aliphatic carbocycles. The maximum Gasteiger partial charge on any atom is 0.417 e. The van der Waals surface area contributed by atoms with Gasteiger partial charge in [-0.05, 0) is 50.8 Å². The first kappa shape index (κ1) is 22.0. The molecule has 160 valence electrons. The molecule has 1 aromatic rings. The number of benzene rings is 1. The van der Waals surface area contributed by atoms with Crippen LogP contribution in [0.25, 0.3) is 0 Å². The van der Waals surface area contributed by atoms with Crippen molar-refractivity contribution in [3.8, 4) is 0 Å². The molecule has 0 radical (unpaired) electrons. The van der Waals surface area contributed by atoms with E-state index < -0.39 is 22.4 Å². The first-order valence-corrected chi connectivity index (χ1v) is 10.6. The number of hydrogen-bond acceptors (Lipinski definition) is 5. The fourth-order valence-electron chi connectivity index (χ4n) is 3.78. The molecule has 1 amide bonds. The summed E-state index contributed by atoms with van der Waals surface area (Å²) in [5, 5.41) is 6.07. The lowest BCUT2D eigenvalue weighted by atomic mass is 9.86. The van der Waals surface area contributed by atoms with Gasteiger partial charge in [0, 0.05) is 37.3 Å². The van der Waals surface area contributed by atoms with Crippen molar-refractivity contribution in [1.82, 2.24) is 10.2 Å². The van der Waals surface area contributed by atoms with Crippen LogP contribution in [0.4, 0.5) is 18.9 Å². The van der Waals surface area contributed by atoms with Crippen LogP contribution in [-0.4, -0.2) is 55.1 Å². The van der Waals surface area contributed by atoms with E-state index in [2.05, 4.69) is 10.6 Å². The van der Waals surface area contributed by atoms with Crippen molar-refractivity contribution < 1.29 is 22.8 Å². The molecule has 1 heterocycles. The first-order chi connectivity index (χ1) is 13.7. The maximum atomic E-state index is 13.9. The van der Waals surface area contributed by atoms with Gasteiger partial charge < -0.3 is 20.3 Å². The zero-order valence-corrected chi connectivity index (χ0v) is 17.4. The number of halogens is 3. The summed E-state index contributed by atoms with van der Waals surface area (Å²) >= 11 is 1.15. The second kappa shape index (κ2) is 8.55. The molecule has 1 aliphatic heterocycles. The van der Waals surface area contributed by atoms with Gasteiger partial charge in [-0.2, -0.15) is 13.2 Å². The van der Waals surface area contributed by atoms with Crippen LogP contribution in [0.3, 0.4) is 0 Å². The topological polar surface area (TPSA) is 61.4 Å². The molecule has 0 unspecified atom stereocenters. The molecule has 1 aromatic carbocycles. The largest absolute Gasteiger partial charge is 0.417 e. The molecule has 2 aliphatic rings. The Bertz CT molecular complexity index is 775. The summed E-state index contributed by atoms with van der Waals surface area (Å²) in [6.07, 6.45) is -0.0507. The third-order valence-electron chi connectivity index (χ3n) is 5.79. The van der Waals surface area contributed by atoms with Crippen molar-refractivity contribution in [3.05, 3.63) is 23.3 Å². The van der Waals surface area contributed by atoms with Crippen molar-refractivity contribution in [2.24, 2.45) is 0 Å². The van der Waals surface area contributed by atoms with Crippen LogP contribution in [0.15, 0.2) is 17.0 Å². The van der Waals surface area contributed by atoms with Gasteiger partial charge in [-0.3, -0.25) is 4.79 Å². The molecule has 2 N–H and O–H groups in total. The van der Waals surface area contributed by atoms with Crippen molar-refractivity contribution >= 4 is 29.6 Å². The number of nitrogens with zero attached hydrogens (tertiary/aromatic N) is 1. The predicted octanol–water partition coefficient (Wildman–Crippen LogP) is 3.78. The molecule has 29 heavy (non-hydrogen) atoms. The van der Waals surface area contributed by atoms with Crippen LogP contribution >= 0.6 is 11.8 Å². The highest BCUT2D eigenvalue weighted by Crippen LogP contribution is 2.49. The van der Waals surface area contributed by atoms with E-state index in [0.29, 0.717) is 30.0 Å². The van der Waals surface area contributed by atoms with Gasteiger partial charge in [-0.1, -0.05) is 0 Å². The van der Waals surface area contributed by atoms with Crippen LogP contribution in [0, 0.1) is 0 Å². The SMILES string of the molecule is CNc1cc(C(=O)N(C)[C@@H]2CCCNC2)c(C(F)(F)F)cc1SC1(C=O)CCC1. The molecular formula is C20H26F3N3O2S. The van der Waals surface area contributed by atoms with E-state index in [1.54, 1.807) is 14.1 Å². The molecular weight excluding hydrogens is 403 g/mol. The van der Waals surface area contributed by atoms with Gasteiger partial charge in [0.15, 0.2) is 0 Å². The van der Waals surface area contributed by atoms with Crippen molar-refractivity contribution in [1.29, 1.82) is 0 Å². The zero-order chi connectivity index (χ0) is 21.2. The zero-order valence-electron chi connectivity index (χ0n) is 16.6. The third-order valence-corrected chi connectivity index (χ3v) is 7.26. The second-order valence-electron chi connectivity index (χ2n) is 7.70. The number of nitrogens with one attached hydrogen (secondary N) is 2. The smallest absolute Gasteiger partial charge is 0.387 e. The first-order valence-electron chi connectivity index (χ1n) is 9.77. The Morgan fingerprint density at radius 3 is 2.55 bits per heavy atom. The average molecular weight is 430 g/mol. The van der Waals surface area contributed by atoms with E-state index in [-0.39, 0.29) is 11.6 Å². The van der Waals surface area contributed by atoms with E-state index >= 15 is 0 Å². The van der Waals surface area contributed by atoms with Gasteiger partial charge in [0.25, 0.3) is 5.91 Å². The molecule has 1 saturated heterocycles. The highest BCUT2D eigenvalue weighted by atomic mass is 32.2. The van der Waals surface area contributed by atoms with E-state index in [1.807, 2.05) is 0 Å². The third kappa shape index (κ3) is 4.55. The summed E-state index contributed by atoms with van der Waals surface area (Å²) in [5.41, 5.74) is -0.900. The Morgan fingerprint density at radius 2 is 2.07 bits per heavy atom. The lowest BCUT2D eigenvalue weighted by molar-refractivity contribution is -0.138. The number of rotatable bonds is 6. The molecule has 0 bridgehead atoms. The van der Waals surface area contributed by atoms with Crippen LogP contribution in [0.1, 0.15) is 48.0 Å². The van der Waals surface area contributed by atoms with Crippen LogP contribution in [-0.2, 0) is 11.0 Å². The van der Waals surface area contributed by atoms with E-state index in [9.17, 15) is 22.8 Å². The van der Waals surface area contributed by atoms with Gasteiger partial charge in [0.05, 0.1) is 15.9 Å². The Balaban J connectivity index is 1.99. The molecule has 0 spiro atoms. The lowest BCUT2D eigenvalue weighted by Gasteiger charge is -2.36. The summed E-state index contributed by atoms with van der Waals surface area (Å²) < 4.78 is 40.9. The number of anilines is 1. The van der Waals surface area contributed by atoms with Gasteiger partial charge >= 0.3 is 6.18 Å². The summed E-state index contributed by atoms with van der Waals surface area (Å²) in [6, 6.07) is 2.15. The van der Waals surface area contributed by atoms with E-state index in [1.165, 1.54) is 11.0 Å². The summed E-state index contributed by atoms with van der Waals surface area (Å²) in [4.78, 5) is 26.3. The molecule has 0 aromatic heterocycles. The Hall–Kier alpha value is -1.74. The number of amides is 1. The fourth-order valence-corrected chi connectivity index (χ4v) is 5.21. The maximum absolute atomic E-state index is 13.9. The number of hydrogen-bond donors (Lipinski definition) is 2. The molecule has 3 rings (SSSR count). The van der Waals surface area contributed by atoms with Crippen LogP contribution in [0.2, 0.25) is 0 Å². The van der Waals surface area contributed by atoms with Crippen molar-refractivity contribution in [3.63, 3.8) is 0 Å². The predicted molar refractivity (Wildman–Crippen MR) is 107 cm³/mol. The minimum absolute atomic E-state index is 0.141. The van der Waals surface area contributed by atoms with Gasteiger partial charge in [-0.25, -0.2) is 0 Å². The standard InChI is InChI=1S/C20H26F3N3O2S/c1-24-16-9-14(18(28)26(2)13-5-3-8-25-11-13)15(20(21,22)23)10-17(16)29-19(12-27)6-4-7-19/h9-10,12-13,24-25H,3-8,11H2,1-2H3/t13-/m1/s1. The Kier molecular flexibility index (Phi) is 6.48. The molecule has 1 saturated carbocycles. The van der Waals surface area contributed by atoms with Gasteiger partial charge in [-0.15, -0.1) is 11.8 Å². The van der Waals surface area contributed by atoms with Crippen LogP contribution in [0.5, 0.6) is 0 Å². The van der Waals surface area contributed by atoms with Gasteiger partial charge in [0.1, 0.15) is 6.29 Å². The Labute approximate surface area is 172 Å². The number of carbonyl (C=O) groups is 2. The molecule has 2 fully saturated rings. The number of aldehydes is 1. The lowest BCUT2D eigenvalue weighted by Crippen LogP contribution is -2.47. The quantitative estimate of drug-likeness (QED) is 0.674. The second-order valence-corrected chi connectivity index (χ2v) is 9.15. The minimum atomic E-state index is -4.67. The average Bonchev–Trinajstić information content (AvgIpc) is 2.69. The van der Waals surface area contributed by atoms with E-state index in [0.717, 1.165) is 49.9 Å².